The second-order valence-electron chi connectivity index (χ2n) is 6.25. The van der Waals surface area contributed by atoms with Crippen molar-refractivity contribution in [3.63, 3.8) is 0 Å². The minimum absolute atomic E-state index is 0.0852. The number of halogens is 1. The first kappa shape index (κ1) is 19.8. The van der Waals surface area contributed by atoms with E-state index in [0.29, 0.717) is 26.3 Å². The van der Waals surface area contributed by atoms with Gasteiger partial charge in [-0.15, -0.1) is 0 Å². The fourth-order valence-electron chi connectivity index (χ4n) is 3.08. The summed E-state index contributed by atoms with van der Waals surface area (Å²) in [6.07, 6.45) is 0. The summed E-state index contributed by atoms with van der Waals surface area (Å²) in [5, 5.41) is 0. The van der Waals surface area contributed by atoms with E-state index in [2.05, 4.69) is 9.62 Å². The van der Waals surface area contributed by atoms with Crippen molar-refractivity contribution in [1.29, 1.82) is 0 Å². The average Bonchev–Trinajstić information content (AvgIpc) is 2.69. The molecule has 1 N–H and O–H groups in total. The highest BCUT2D eigenvalue weighted by molar-refractivity contribution is 7.89. The molecule has 146 valence electrons. The molecule has 0 spiro atoms. The number of hydrogen-bond donors (Lipinski definition) is 1. The number of ether oxygens (including phenoxy) is 2. The van der Waals surface area contributed by atoms with E-state index in [9.17, 15) is 12.8 Å². The number of methoxy groups -OCH3 is 1. The predicted octanol–water partition coefficient (Wildman–Crippen LogP) is 2.19. The van der Waals surface area contributed by atoms with E-state index < -0.39 is 15.8 Å². The molecular weight excluding hydrogens is 371 g/mol. The lowest BCUT2D eigenvalue weighted by Gasteiger charge is -2.35. The fourth-order valence-corrected chi connectivity index (χ4v) is 4.15. The fraction of sp³-hybridized carbons (Fsp3) is 0.368. The molecule has 0 aliphatic carbocycles. The van der Waals surface area contributed by atoms with E-state index >= 15 is 0 Å². The van der Waals surface area contributed by atoms with Crippen molar-refractivity contribution in [3.8, 4) is 5.75 Å². The standard InChI is InChI=1S/C19H23FN2O4S/c1-25-17-7-5-15(6-8-17)19(22-9-11-26-12-10-22)14-21-27(23,24)18-4-2-3-16(20)13-18/h2-8,13,19,21H,9-12,14H2,1H3/t19-/m0/s1. The van der Waals surface area contributed by atoms with Crippen LogP contribution in [0.15, 0.2) is 53.4 Å². The van der Waals surface area contributed by atoms with Crippen molar-refractivity contribution in [3.05, 3.63) is 59.9 Å². The quantitative estimate of drug-likeness (QED) is 0.780. The lowest BCUT2D eigenvalue weighted by atomic mass is 10.0. The summed E-state index contributed by atoms with van der Waals surface area (Å²) < 4.78 is 51.7. The summed E-state index contributed by atoms with van der Waals surface area (Å²) in [4.78, 5) is 2.09. The van der Waals surface area contributed by atoms with Crippen LogP contribution in [0.3, 0.4) is 0 Å². The SMILES string of the molecule is COc1ccc([C@H](CNS(=O)(=O)c2cccc(F)c2)N2CCOCC2)cc1. The van der Waals surface area contributed by atoms with Crippen LogP contribution in [-0.2, 0) is 14.8 Å². The molecule has 27 heavy (non-hydrogen) atoms. The lowest BCUT2D eigenvalue weighted by Crippen LogP contribution is -2.43. The van der Waals surface area contributed by atoms with Crippen LogP contribution in [0.5, 0.6) is 5.75 Å². The van der Waals surface area contributed by atoms with Crippen LogP contribution in [0, 0.1) is 5.82 Å². The molecule has 3 rings (SSSR count). The summed E-state index contributed by atoms with van der Waals surface area (Å²) in [6, 6.07) is 12.4. The van der Waals surface area contributed by atoms with E-state index in [1.165, 1.54) is 18.2 Å². The third-order valence-electron chi connectivity index (χ3n) is 4.56. The summed E-state index contributed by atoms with van der Waals surface area (Å²) >= 11 is 0. The van der Waals surface area contributed by atoms with Gasteiger partial charge in [-0.25, -0.2) is 17.5 Å². The van der Waals surface area contributed by atoms with Crippen LogP contribution in [0.4, 0.5) is 4.39 Å². The Labute approximate surface area is 159 Å². The molecule has 0 radical (unpaired) electrons. The van der Waals surface area contributed by atoms with Crippen LogP contribution >= 0.6 is 0 Å². The zero-order valence-corrected chi connectivity index (χ0v) is 15.9. The van der Waals surface area contributed by atoms with Crippen molar-refractivity contribution in [1.82, 2.24) is 9.62 Å². The third kappa shape index (κ3) is 5.04. The van der Waals surface area contributed by atoms with E-state index in [1.807, 2.05) is 24.3 Å². The van der Waals surface area contributed by atoms with Gasteiger partial charge in [0.05, 0.1) is 25.2 Å². The van der Waals surface area contributed by atoms with Crippen LogP contribution in [0.25, 0.3) is 0 Å². The zero-order chi connectivity index (χ0) is 19.3. The topological polar surface area (TPSA) is 67.9 Å². The van der Waals surface area contributed by atoms with Crippen LogP contribution in [-0.4, -0.2) is 53.3 Å². The first-order valence-electron chi connectivity index (χ1n) is 8.70. The Hall–Kier alpha value is -2.00. The van der Waals surface area contributed by atoms with E-state index in [4.69, 9.17) is 9.47 Å². The molecule has 1 aliphatic heterocycles. The van der Waals surface area contributed by atoms with Crippen LogP contribution in [0.2, 0.25) is 0 Å². The summed E-state index contributed by atoms with van der Waals surface area (Å²) in [7, 11) is -2.21. The number of hydrogen-bond acceptors (Lipinski definition) is 5. The van der Waals surface area contributed by atoms with E-state index in [0.717, 1.165) is 17.4 Å². The van der Waals surface area contributed by atoms with Crippen LogP contribution in [0.1, 0.15) is 11.6 Å². The van der Waals surface area contributed by atoms with Gasteiger partial charge in [0.15, 0.2) is 0 Å². The Balaban J connectivity index is 1.80. The molecule has 6 nitrogen and oxygen atoms in total. The number of sulfonamides is 1. The molecule has 2 aromatic carbocycles. The molecule has 0 amide bonds. The molecule has 1 fully saturated rings. The maximum atomic E-state index is 13.4. The van der Waals surface area contributed by atoms with Gasteiger partial charge in [-0.05, 0) is 35.9 Å². The molecule has 1 saturated heterocycles. The molecule has 1 heterocycles. The zero-order valence-electron chi connectivity index (χ0n) is 15.1. The Morgan fingerprint density at radius 3 is 2.52 bits per heavy atom. The monoisotopic (exact) mass is 394 g/mol. The Morgan fingerprint density at radius 2 is 1.89 bits per heavy atom. The minimum atomic E-state index is -3.81. The lowest BCUT2D eigenvalue weighted by molar-refractivity contribution is 0.0172. The van der Waals surface area contributed by atoms with Gasteiger partial charge in [-0.3, -0.25) is 4.90 Å². The van der Waals surface area contributed by atoms with Crippen LogP contribution < -0.4 is 9.46 Å². The van der Waals surface area contributed by atoms with Gasteiger partial charge in [0.2, 0.25) is 10.0 Å². The normalized spacial score (nSPS) is 16.8. The summed E-state index contributed by atoms with van der Waals surface area (Å²) in [5.74, 6) is 0.151. The maximum absolute atomic E-state index is 13.4. The van der Waals surface area contributed by atoms with Crippen molar-refractivity contribution < 1.29 is 22.3 Å². The molecule has 1 aliphatic rings. The van der Waals surface area contributed by atoms with Gasteiger partial charge in [0.1, 0.15) is 11.6 Å². The molecule has 8 heteroatoms. The van der Waals surface area contributed by atoms with Crippen molar-refractivity contribution in [2.45, 2.75) is 10.9 Å². The van der Waals surface area contributed by atoms with Gasteiger partial charge < -0.3 is 9.47 Å². The number of benzene rings is 2. The number of rotatable bonds is 7. The highest BCUT2D eigenvalue weighted by Gasteiger charge is 2.25. The maximum Gasteiger partial charge on any atom is 0.240 e. The van der Waals surface area contributed by atoms with Gasteiger partial charge >= 0.3 is 0 Å². The second kappa shape index (κ2) is 8.79. The van der Waals surface area contributed by atoms with Gasteiger partial charge in [-0.2, -0.15) is 0 Å². The Kier molecular flexibility index (Phi) is 6.43. The number of morpholine rings is 1. The van der Waals surface area contributed by atoms with Gasteiger partial charge in [0, 0.05) is 25.7 Å². The first-order valence-corrected chi connectivity index (χ1v) is 10.2. The Morgan fingerprint density at radius 1 is 1.19 bits per heavy atom. The second-order valence-corrected chi connectivity index (χ2v) is 8.01. The van der Waals surface area contributed by atoms with Gasteiger partial charge in [0.25, 0.3) is 0 Å². The van der Waals surface area contributed by atoms with E-state index in [1.54, 1.807) is 7.11 Å². The van der Waals surface area contributed by atoms with Gasteiger partial charge in [-0.1, -0.05) is 18.2 Å². The number of nitrogens with one attached hydrogen (secondary N) is 1. The van der Waals surface area contributed by atoms with E-state index in [-0.39, 0.29) is 17.5 Å². The molecule has 2 aromatic rings. The molecule has 0 saturated carbocycles. The van der Waals surface area contributed by atoms with Crippen molar-refractivity contribution >= 4 is 10.0 Å². The predicted molar refractivity (Wildman–Crippen MR) is 99.7 cm³/mol. The van der Waals surface area contributed by atoms with Crippen molar-refractivity contribution in [2.24, 2.45) is 0 Å². The summed E-state index contributed by atoms with van der Waals surface area (Å²) in [5.41, 5.74) is 0.972. The highest BCUT2D eigenvalue weighted by Crippen LogP contribution is 2.24. The number of nitrogens with zero attached hydrogens (tertiary/aromatic N) is 1. The molecule has 0 aromatic heterocycles. The Bertz CT molecular complexity index is 852. The largest absolute Gasteiger partial charge is 0.497 e. The molecule has 1 atom stereocenters. The summed E-state index contributed by atoms with van der Waals surface area (Å²) in [6.45, 7) is 2.79. The molecular formula is C19H23FN2O4S. The minimum Gasteiger partial charge on any atom is -0.497 e. The highest BCUT2D eigenvalue weighted by atomic mass is 32.2. The smallest absolute Gasteiger partial charge is 0.240 e. The molecule has 0 bridgehead atoms. The third-order valence-corrected chi connectivity index (χ3v) is 5.98. The molecule has 0 unspecified atom stereocenters. The van der Waals surface area contributed by atoms with Crippen molar-refractivity contribution in [2.75, 3.05) is 40.0 Å². The first-order chi connectivity index (χ1) is 13.0. The average molecular weight is 394 g/mol.